The maximum atomic E-state index is 10.2. The molecule has 78 valence electrons. The van der Waals surface area contributed by atoms with Crippen LogP contribution in [0.5, 0.6) is 5.75 Å². The molecule has 0 bridgehead atoms. The SMILES string of the molecule is CCOc1ccc([N+](=O)[O-])cc1.CO. The fraction of sp³-hybridized carbons (Fsp3) is 0.333. The zero-order valence-corrected chi connectivity index (χ0v) is 8.14. The number of non-ortho nitro benzene ring substituents is 1. The Kier molecular flexibility index (Phi) is 6.06. The molecule has 0 fully saturated rings. The monoisotopic (exact) mass is 199 g/mol. The van der Waals surface area contributed by atoms with Crippen LogP contribution in [-0.4, -0.2) is 23.7 Å². The van der Waals surface area contributed by atoms with Crippen LogP contribution in [0, 0.1) is 10.1 Å². The van der Waals surface area contributed by atoms with Gasteiger partial charge >= 0.3 is 0 Å². The molecular formula is C9H13NO4. The van der Waals surface area contributed by atoms with E-state index < -0.39 is 4.92 Å². The molecule has 0 atom stereocenters. The van der Waals surface area contributed by atoms with E-state index in [1.165, 1.54) is 12.1 Å². The van der Waals surface area contributed by atoms with Gasteiger partial charge in [0.15, 0.2) is 0 Å². The molecule has 0 saturated heterocycles. The van der Waals surface area contributed by atoms with Crippen molar-refractivity contribution in [3.8, 4) is 5.75 Å². The summed E-state index contributed by atoms with van der Waals surface area (Å²) in [6.07, 6.45) is 0. The first-order valence-electron chi connectivity index (χ1n) is 4.06. The van der Waals surface area contributed by atoms with Gasteiger partial charge in [-0.2, -0.15) is 0 Å². The molecule has 0 spiro atoms. The minimum atomic E-state index is -0.435. The molecule has 1 aromatic rings. The third-order valence-corrected chi connectivity index (χ3v) is 1.36. The minimum absolute atomic E-state index is 0.0819. The number of hydrogen-bond acceptors (Lipinski definition) is 4. The van der Waals surface area contributed by atoms with E-state index in [0.29, 0.717) is 12.4 Å². The highest BCUT2D eigenvalue weighted by atomic mass is 16.6. The van der Waals surface area contributed by atoms with Crippen LogP contribution >= 0.6 is 0 Å². The summed E-state index contributed by atoms with van der Waals surface area (Å²) >= 11 is 0. The molecule has 0 aromatic heterocycles. The number of ether oxygens (including phenoxy) is 1. The highest BCUT2D eigenvalue weighted by Gasteiger charge is 2.03. The van der Waals surface area contributed by atoms with Gasteiger partial charge in [-0.05, 0) is 19.1 Å². The number of aliphatic hydroxyl groups is 1. The molecule has 1 aromatic carbocycles. The summed E-state index contributed by atoms with van der Waals surface area (Å²) in [6.45, 7) is 2.43. The number of nitro benzene ring substituents is 1. The first kappa shape index (κ1) is 12.4. The Labute approximate surface area is 82.1 Å². The fourth-order valence-corrected chi connectivity index (χ4v) is 0.831. The lowest BCUT2D eigenvalue weighted by Crippen LogP contribution is -1.92. The third-order valence-electron chi connectivity index (χ3n) is 1.36. The maximum absolute atomic E-state index is 10.2. The average Bonchev–Trinajstić information content (AvgIpc) is 2.22. The van der Waals surface area contributed by atoms with E-state index in [9.17, 15) is 10.1 Å². The topological polar surface area (TPSA) is 72.6 Å². The van der Waals surface area contributed by atoms with Crippen molar-refractivity contribution in [2.45, 2.75) is 6.92 Å². The highest BCUT2D eigenvalue weighted by molar-refractivity contribution is 5.35. The molecule has 0 aliphatic carbocycles. The van der Waals surface area contributed by atoms with Crippen LogP contribution in [0.4, 0.5) is 5.69 Å². The first-order valence-corrected chi connectivity index (χ1v) is 4.06. The van der Waals surface area contributed by atoms with E-state index in [0.717, 1.165) is 7.11 Å². The van der Waals surface area contributed by atoms with Gasteiger partial charge in [0.2, 0.25) is 0 Å². The smallest absolute Gasteiger partial charge is 0.269 e. The molecule has 0 heterocycles. The molecule has 0 aliphatic heterocycles. The molecule has 0 radical (unpaired) electrons. The van der Waals surface area contributed by atoms with Crippen molar-refractivity contribution in [1.82, 2.24) is 0 Å². The largest absolute Gasteiger partial charge is 0.494 e. The fourth-order valence-electron chi connectivity index (χ4n) is 0.831. The molecule has 0 unspecified atom stereocenters. The number of hydrogen-bond donors (Lipinski definition) is 1. The lowest BCUT2D eigenvalue weighted by atomic mass is 10.3. The lowest BCUT2D eigenvalue weighted by molar-refractivity contribution is -0.384. The van der Waals surface area contributed by atoms with E-state index in [1.807, 2.05) is 6.92 Å². The van der Waals surface area contributed by atoms with Crippen LogP contribution in [0.15, 0.2) is 24.3 Å². The van der Waals surface area contributed by atoms with E-state index in [1.54, 1.807) is 12.1 Å². The molecule has 5 nitrogen and oxygen atoms in total. The average molecular weight is 199 g/mol. The Hall–Kier alpha value is -1.62. The zero-order chi connectivity index (χ0) is 11.0. The molecule has 0 amide bonds. The van der Waals surface area contributed by atoms with Crippen LogP contribution in [0.2, 0.25) is 0 Å². The molecular weight excluding hydrogens is 186 g/mol. The van der Waals surface area contributed by atoms with Crippen LogP contribution in [0.25, 0.3) is 0 Å². The van der Waals surface area contributed by atoms with Crippen LogP contribution in [0.3, 0.4) is 0 Å². The summed E-state index contributed by atoms with van der Waals surface area (Å²) in [5, 5.41) is 17.2. The second-order valence-corrected chi connectivity index (χ2v) is 2.18. The predicted molar refractivity (Wildman–Crippen MR) is 52.4 cm³/mol. The van der Waals surface area contributed by atoms with E-state index in [4.69, 9.17) is 9.84 Å². The molecule has 1 N–H and O–H groups in total. The van der Waals surface area contributed by atoms with Gasteiger partial charge in [-0.1, -0.05) is 0 Å². The Morgan fingerprint density at radius 3 is 2.21 bits per heavy atom. The summed E-state index contributed by atoms with van der Waals surface area (Å²) in [5.74, 6) is 0.656. The Bertz CT molecular complexity index is 271. The first-order chi connectivity index (χ1) is 6.74. The van der Waals surface area contributed by atoms with Crippen molar-refractivity contribution in [1.29, 1.82) is 0 Å². The van der Waals surface area contributed by atoms with Crippen molar-refractivity contribution in [3.05, 3.63) is 34.4 Å². The van der Waals surface area contributed by atoms with Crippen molar-refractivity contribution in [2.75, 3.05) is 13.7 Å². The number of benzene rings is 1. The molecule has 5 heteroatoms. The van der Waals surface area contributed by atoms with Crippen molar-refractivity contribution in [3.63, 3.8) is 0 Å². The van der Waals surface area contributed by atoms with Gasteiger partial charge in [0.05, 0.1) is 11.5 Å². The van der Waals surface area contributed by atoms with E-state index >= 15 is 0 Å². The van der Waals surface area contributed by atoms with Crippen LogP contribution < -0.4 is 4.74 Å². The second kappa shape index (κ2) is 6.85. The summed E-state index contributed by atoms with van der Waals surface area (Å²) in [5.41, 5.74) is 0.0819. The number of aliphatic hydroxyl groups excluding tert-OH is 1. The summed E-state index contributed by atoms with van der Waals surface area (Å²) in [7, 11) is 1.00. The van der Waals surface area contributed by atoms with Crippen LogP contribution in [0.1, 0.15) is 6.92 Å². The normalized spacial score (nSPS) is 8.50. The Morgan fingerprint density at radius 2 is 1.86 bits per heavy atom. The summed E-state index contributed by atoms with van der Waals surface area (Å²) in [4.78, 5) is 9.80. The van der Waals surface area contributed by atoms with Gasteiger partial charge in [-0.3, -0.25) is 10.1 Å². The maximum Gasteiger partial charge on any atom is 0.269 e. The van der Waals surface area contributed by atoms with Crippen molar-refractivity contribution < 1.29 is 14.8 Å². The van der Waals surface area contributed by atoms with Crippen molar-refractivity contribution >= 4 is 5.69 Å². The van der Waals surface area contributed by atoms with Gasteiger partial charge in [0, 0.05) is 19.2 Å². The zero-order valence-electron chi connectivity index (χ0n) is 8.14. The Morgan fingerprint density at radius 1 is 1.36 bits per heavy atom. The standard InChI is InChI=1S/C8H9NO3.CH4O/c1-2-12-8-5-3-7(4-6-8)9(10)11;1-2/h3-6H,2H2,1H3;2H,1H3. The number of rotatable bonds is 3. The quantitative estimate of drug-likeness (QED) is 0.592. The van der Waals surface area contributed by atoms with Crippen LogP contribution in [-0.2, 0) is 0 Å². The molecule has 0 saturated carbocycles. The van der Waals surface area contributed by atoms with E-state index in [2.05, 4.69) is 0 Å². The van der Waals surface area contributed by atoms with Crippen molar-refractivity contribution in [2.24, 2.45) is 0 Å². The van der Waals surface area contributed by atoms with Gasteiger partial charge < -0.3 is 9.84 Å². The lowest BCUT2D eigenvalue weighted by Gasteiger charge is -2.00. The second-order valence-electron chi connectivity index (χ2n) is 2.18. The molecule has 1 rings (SSSR count). The minimum Gasteiger partial charge on any atom is -0.494 e. The molecule has 0 aliphatic rings. The number of nitro groups is 1. The van der Waals surface area contributed by atoms with Gasteiger partial charge in [0.1, 0.15) is 5.75 Å². The van der Waals surface area contributed by atoms with Gasteiger partial charge in [-0.25, -0.2) is 0 Å². The number of nitrogens with zero attached hydrogens (tertiary/aromatic N) is 1. The van der Waals surface area contributed by atoms with Gasteiger partial charge in [-0.15, -0.1) is 0 Å². The third kappa shape index (κ3) is 3.86. The van der Waals surface area contributed by atoms with Gasteiger partial charge in [0.25, 0.3) is 5.69 Å². The summed E-state index contributed by atoms with van der Waals surface area (Å²) < 4.78 is 5.12. The summed E-state index contributed by atoms with van der Waals surface area (Å²) in [6, 6.07) is 6.01. The highest BCUT2D eigenvalue weighted by Crippen LogP contribution is 2.16. The van der Waals surface area contributed by atoms with E-state index in [-0.39, 0.29) is 5.69 Å². The molecule has 14 heavy (non-hydrogen) atoms. The predicted octanol–water partition coefficient (Wildman–Crippen LogP) is 1.60. The Balaban J connectivity index is 0.000000791.